The molecule has 6 nitrogen and oxygen atoms in total. The van der Waals surface area contributed by atoms with Gasteiger partial charge in [0.15, 0.2) is 20.4 Å². The highest BCUT2D eigenvalue weighted by molar-refractivity contribution is 6.74. The third-order valence-corrected chi connectivity index (χ3v) is 12.4. The predicted molar refractivity (Wildman–Crippen MR) is 147 cm³/mol. The summed E-state index contributed by atoms with van der Waals surface area (Å²) in [5, 5.41) is 0.0433. The van der Waals surface area contributed by atoms with Crippen LogP contribution in [0.3, 0.4) is 0 Å². The minimum atomic E-state index is -2.03. The van der Waals surface area contributed by atoms with Gasteiger partial charge in [0.05, 0.1) is 25.3 Å². The van der Waals surface area contributed by atoms with Gasteiger partial charge in [-0.3, -0.25) is 4.79 Å². The van der Waals surface area contributed by atoms with Gasteiger partial charge in [-0.15, -0.1) is 0 Å². The molecule has 2 aliphatic heterocycles. The summed E-state index contributed by atoms with van der Waals surface area (Å²) < 4.78 is 34.4. The number of rotatable bonds is 8. The second-order valence-electron chi connectivity index (χ2n) is 12.2. The van der Waals surface area contributed by atoms with Gasteiger partial charge >= 0.3 is 0 Å². The van der Waals surface area contributed by atoms with Gasteiger partial charge < -0.3 is 18.8 Å². The van der Waals surface area contributed by atoms with Gasteiger partial charge in [-0.2, -0.15) is 0 Å². The Kier molecular flexibility index (Phi) is 7.96. The molecule has 2 aromatic rings. The molecule has 2 aliphatic rings. The van der Waals surface area contributed by atoms with Crippen LogP contribution in [0.5, 0.6) is 0 Å². The number of benzene rings is 1. The highest BCUT2D eigenvalue weighted by Crippen LogP contribution is 2.40. The molecule has 1 aromatic heterocycles. The maximum Gasteiger partial charge on any atom is 0.192 e. The fraction of sp³-hybridized carbons (Fsp3) is 0.586. The highest BCUT2D eigenvalue weighted by Gasteiger charge is 2.38. The zero-order valence-corrected chi connectivity index (χ0v) is 24.3. The molecule has 0 bridgehead atoms. The molecule has 1 atom stereocenters. The first-order chi connectivity index (χ1) is 17.3. The predicted octanol–water partition coefficient (Wildman–Crippen LogP) is 6.58. The van der Waals surface area contributed by atoms with E-state index in [-0.39, 0.29) is 29.5 Å². The van der Waals surface area contributed by atoms with Gasteiger partial charge in [0, 0.05) is 35.1 Å². The number of ketones is 1. The molecule has 0 spiro atoms. The van der Waals surface area contributed by atoms with E-state index in [0.29, 0.717) is 42.2 Å². The Bertz CT molecular complexity index is 1130. The number of carbonyl (C=O) groups excluding carboxylic acids is 1. The first-order valence-electron chi connectivity index (χ1n) is 13.3. The number of hydrogen-bond acceptors (Lipinski definition) is 6. The first kappa shape index (κ1) is 27.9. The molecular weight excluding hydrogens is 487 g/mol. The maximum atomic E-state index is 15.8. The Morgan fingerprint density at radius 2 is 1.89 bits per heavy atom. The van der Waals surface area contributed by atoms with Crippen LogP contribution < -0.4 is 4.90 Å². The van der Waals surface area contributed by atoms with Gasteiger partial charge in [-0.05, 0) is 57.3 Å². The molecule has 0 saturated carbocycles. The van der Waals surface area contributed by atoms with Crippen molar-refractivity contribution < 1.29 is 23.1 Å². The summed E-state index contributed by atoms with van der Waals surface area (Å²) >= 11 is 0. The topological polar surface area (TPSA) is 60.9 Å². The van der Waals surface area contributed by atoms with Gasteiger partial charge in [0.2, 0.25) is 0 Å². The molecule has 1 unspecified atom stereocenters. The fourth-order valence-corrected chi connectivity index (χ4v) is 5.36. The molecule has 3 heterocycles. The number of anilines is 1. The van der Waals surface area contributed by atoms with Crippen LogP contribution in [0.1, 0.15) is 65.0 Å². The SMILES string of the molecule is CC(C)(OC1CCCCO1)c1cc(-c2cccc(CO[Si](C)(C)C(C)(C)C)c2F)cnc1N1CC(=O)C1. The molecule has 0 amide bonds. The van der Waals surface area contributed by atoms with Crippen molar-refractivity contribution in [2.75, 3.05) is 24.6 Å². The van der Waals surface area contributed by atoms with Crippen LogP contribution >= 0.6 is 0 Å². The van der Waals surface area contributed by atoms with E-state index >= 15 is 4.39 Å². The Hall–Kier alpha value is -2.13. The van der Waals surface area contributed by atoms with Crippen molar-refractivity contribution in [2.45, 2.75) is 90.5 Å². The van der Waals surface area contributed by atoms with Gasteiger partial charge in [-0.25, -0.2) is 9.37 Å². The zero-order chi connectivity index (χ0) is 27.0. The van der Waals surface area contributed by atoms with E-state index < -0.39 is 13.9 Å². The lowest BCUT2D eigenvalue weighted by atomic mass is 9.93. The molecule has 2 saturated heterocycles. The van der Waals surface area contributed by atoms with Crippen LogP contribution in [-0.2, 0) is 30.9 Å². The van der Waals surface area contributed by atoms with Crippen molar-refractivity contribution >= 4 is 19.9 Å². The smallest absolute Gasteiger partial charge is 0.192 e. The van der Waals surface area contributed by atoms with Crippen LogP contribution in [0.2, 0.25) is 18.1 Å². The van der Waals surface area contributed by atoms with Crippen molar-refractivity contribution in [3.8, 4) is 11.1 Å². The number of pyridine rings is 1. The van der Waals surface area contributed by atoms with E-state index in [4.69, 9.17) is 18.9 Å². The number of ether oxygens (including phenoxy) is 2. The highest BCUT2D eigenvalue weighted by atomic mass is 28.4. The van der Waals surface area contributed by atoms with Crippen LogP contribution in [-0.4, -0.2) is 45.1 Å². The molecule has 202 valence electrons. The third kappa shape index (κ3) is 6.14. The summed E-state index contributed by atoms with van der Waals surface area (Å²) in [6, 6.07) is 7.37. The minimum Gasteiger partial charge on any atom is -0.412 e. The maximum absolute atomic E-state index is 15.8. The molecule has 37 heavy (non-hydrogen) atoms. The number of hydrogen-bond donors (Lipinski definition) is 0. The fourth-order valence-electron chi connectivity index (χ4n) is 4.41. The Labute approximate surface area is 221 Å². The van der Waals surface area contributed by atoms with Crippen LogP contribution in [0.25, 0.3) is 11.1 Å². The lowest BCUT2D eigenvalue weighted by Crippen LogP contribution is -2.49. The molecule has 2 fully saturated rings. The number of nitrogens with zero attached hydrogens (tertiary/aromatic N) is 2. The van der Waals surface area contributed by atoms with Crippen LogP contribution in [0, 0.1) is 5.82 Å². The first-order valence-corrected chi connectivity index (χ1v) is 16.2. The van der Waals surface area contributed by atoms with E-state index in [2.05, 4.69) is 33.9 Å². The quantitative estimate of drug-likeness (QED) is 0.361. The molecule has 4 rings (SSSR count). The number of Topliss-reactive ketones (excluding diaryl/α,β-unsaturated/α-hetero) is 1. The normalized spacial score (nSPS) is 19.2. The van der Waals surface area contributed by atoms with Crippen molar-refractivity contribution in [2.24, 2.45) is 0 Å². The van der Waals surface area contributed by atoms with Crippen molar-refractivity contribution in [3.63, 3.8) is 0 Å². The second kappa shape index (κ2) is 10.6. The van der Waals surface area contributed by atoms with Crippen LogP contribution in [0.15, 0.2) is 30.5 Å². The number of carbonyl (C=O) groups is 1. The number of halogens is 1. The second-order valence-corrected chi connectivity index (χ2v) is 17.1. The van der Waals surface area contributed by atoms with E-state index in [1.165, 1.54) is 0 Å². The summed E-state index contributed by atoms with van der Waals surface area (Å²) in [5.41, 5.74) is 1.74. The average molecular weight is 529 g/mol. The van der Waals surface area contributed by atoms with Crippen molar-refractivity contribution in [1.29, 1.82) is 0 Å². The molecule has 0 N–H and O–H groups in total. The summed E-state index contributed by atoms with van der Waals surface area (Å²) in [7, 11) is -2.03. The van der Waals surface area contributed by atoms with E-state index in [9.17, 15) is 4.79 Å². The Morgan fingerprint density at radius 3 is 2.51 bits per heavy atom. The largest absolute Gasteiger partial charge is 0.412 e. The summed E-state index contributed by atoms with van der Waals surface area (Å²) in [5.74, 6) is 0.573. The molecule has 0 aliphatic carbocycles. The van der Waals surface area contributed by atoms with E-state index in [0.717, 1.165) is 24.8 Å². The summed E-state index contributed by atoms with van der Waals surface area (Å²) in [6.45, 7) is 16.4. The van der Waals surface area contributed by atoms with Gasteiger partial charge in [0.25, 0.3) is 0 Å². The summed E-state index contributed by atoms with van der Waals surface area (Å²) in [4.78, 5) is 18.4. The Morgan fingerprint density at radius 1 is 1.16 bits per heavy atom. The third-order valence-electron chi connectivity index (χ3n) is 7.90. The monoisotopic (exact) mass is 528 g/mol. The minimum absolute atomic E-state index is 0.0433. The molecular formula is C29H41FN2O4Si. The number of aromatic nitrogens is 1. The van der Waals surface area contributed by atoms with Gasteiger partial charge in [-0.1, -0.05) is 39.0 Å². The molecule has 0 radical (unpaired) electrons. The zero-order valence-electron chi connectivity index (χ0n) is 23.3. The van der Waals surface area contributed by atoms with E-state index in [1.807, 2.05) is 30.9 Å². The van der Waals surface area contributed by atoms with Gasteiger partial charge in [0.1, 0.15) is 11.6 Å². The lowest BCUT2D eigenvalue weighted by molar-refractivity contribution is -0.218. The van der Waals surface area contributed by atoms with Crippen molar-refractivity contribution in [3.05, 3.63) is 47.4 Å². The average Bonchev–Trinajstić information content (AvgIpc) is 2.81. The van der Waals surface area contributed by atoms with Crippen LogP contribution in [0.4, 0.5) is 10.2 Å². The van der Waals surface area contributed by atoms with Crippen molar-refractivity contribution in [1.82, 2.24) is 4.98 Å². The van der Waals surface area contributed by atoms with E-state index in [1.54, 1.807) is 18.3 Å². The molecule has 1 aromatic carbocycles. The molecule has 8 heteroatoms. The standard InChI is InChI=1S/C29H41FN2O4Si/c1-28(2,3)37(6,7)35-19-20-11-10-12-23(26(20)30)21-15-24(27(31-16-21)32-17-22(33)18-32)29(4,5)36-25-13-8-9-14-34-25/h10-12,15-16,25H,8-9,13-14,17-19H2,1-7H3. The summed E-state index contributed by atoms with van der Waals surface area (Å²) in [6.07, 6.45) is 4.31. The lowest BCUT2D eigenvalue weighted by Gasteiger charge is -2.38. The Balaban J connectivity index is 1.66.